The lowest BCUT2D eigenvalue weighted by Gasteiger charge is -2.36. The van der Waals surface area contributed by atoms with Gasteiger partial charge >= 0.3 is 11.9 Å². The minimum atomic E-state index is -1.23. The van der Waals surface area contributed by atoms with E-state index in [1.807, 2.05) is 19.1 Å². The van der Waals surface area contributed by atoms with Gasteiger partial charge in [0.25, 0.3) is 5.91 Å². The van der Waals surface area contributed by atoms with Crippen molar-refractivity contribution >= 4 is 29.7 Å². The van der Waals surface area contributed by atoms with Crippen LogP contribution in [0.4, 0.5) is 0 Å². The van der Waals surface area contributed by atoms with Gasteiger partial charge in [-0.2, -0.15) is 0 Å². The predicted molar refractivity (Wildman–Crippen MR) is 219 cm³/mol. The fraction of sp³-hybridized carbons (Fsp3) is 0.477. The Bertz CT molecular complexity index is 1820. The number of benzene rings is 3. The molecule has 0 aliphatic heterocycles. The molecule has 14 nitrogen and oxygen atoms in total. The van der Waals surface area contributed by atoms with Gasteiger partial charge in [-0.05, 0) is 85.9 Å². The molecule has 0 spiro atoms. The minimum Gasteiger partial charge on any atom is -0.508 e. The number of ether oxygens (including phenoxy) is 3. The van der Waals surface area contributed by atoms with Crippen LogP contribution in [-0.4, -0.2) is 127 Å². The summed E-state index contributed by atoms with van der Waals surface area (Å²) >= 11 is 0. The van der Waals surface area contributed by atoms with Crippen LogP contribution in [0.25, 0.3) is 0 Å². The van der Waals surface area contributed by atoms with E-state index in [4.69, 9.17) is 14.2 Å². The van der Waals surface area contributed by atoms with E-state index in [1.54, 1.807) is 83.3 Å². The Balaban J connectivity index is 1.92. The summed E-state index contributed by atoms with van der Waals surface area (Å²) in [7, 11) is 9.21. The highest BCUT2D eigenvalue weighted by Crippen LogP contribution is 2.22. The average molecular weight is 805 g/mol. The fourth-order valence-corrected chi connectivity index (χ4v) is 6.43. The van der Waals surface area contributed by atoms with Crippen LogP contribution in [-0.2, 0) is 52.7 Å². The van der Waals surface area contributed by atoms with Crippen molar-refractivity contribution in [3.8, 4) is 17.2 Å². The molecule has 58 heavy (non-hydrogen) atoms. The molecule has 3 aromatic rings. The lowest BCUT2D eigenvalue weighted by atomic mass is 9.96. The van der Waals surface area contributed by atoms with E-state index in [9.17, 15) is 34.2 Å². The third-order valence-corrected chi connectivity index (χ3v) is 10.5. The molecular formula is C44H60N4O10. The first-order chi connectivity index (χ1) is 27.4. The topological polar surface area (TPSA) is 175 Å². The number of phenolic OH excluding ortho intramolecular Hbond substituents is 2. The lowest BCUT2D eigenvalue weighted by molar-refractivity contribution is -0.164. The zero-order chi connectivity index (χ0) is 43.3. The molecule has 0 aliphatic carbocycles. The molecular weight excluding hydrogens is 745 g/mol. The summed E-state index contributed by atoms with van der Waals surface area (Å²) in [5.41, 5.74) is 2.15. The molecule has 3 amide bonds. The van der Waals surface area contributed by atoms with Gasteiger partial charge in [0.2, 0.25) is 11.8 Å². The van der Waals surface area contributed by atoms with Gasteiger partial charge in [0.05, 0.1) is 14.2 Å². The number of carbonyl (C=O) groups excluding carboxylic acids is 5. The summed E-state index contributed by atoms with van der Waals surface area (Å²) in [6.45, 7) is 7.18. The van der Waals surface area contributed by atoms with E-state index < -0.39 is 71.8 Å². The van der Waals surface area contributed by atoms with Crippen LogP contribution in [0.1, 0.15) is 50.8 Å². The summed E-state index contributed by atoms with van der Waals surface area (Å²) in [5.74, 6) is -3.22. The van der Waals surface area contributed by atoms with E-state index >= 15 is 0 Å². The second-order valence-electron chi connectivity index (χ2n) is 15.2. The molecule has 3 N–H and O–H groups in total. The minimum absolute atomic E-state index is 0.00475. The van der Waals surface area contributed by atoms with Crippen LogP contribution in [0.3, 0.4) is 0 Å². The SMILES string of the molecule is CC[C@@H](C)[C@H](OC(=O)[C@@H](Cc1ccc(OC)cc1)N(C)C)C(=O)N[C@H](C(=O)N(C)[C@H](Cc1ccc(O)cc1)C(=O)N(C)[C@@H](Cc1ccc(O)cc1)C(=O)OC)C(C)C. The summed E-state index contributed by atoms with van der Waals surface area (Å²) in [5, 5.41) is 22.6. The van der Waals surface area contributed by atoms with Crippen molar-refractivity contribution < 1.29 is 48.4 Å². The molecule has 0 bridgehead atoms. The van der Waals surface area contributed by atoms with E-state index in [2.05, 4.69) is 5.32 Å². The number of hydrogen-bond donors (Lipinski definition) is 3. The van der Waals surface area contributed by atoms with Crippen molar-refractivity contribution in [2.75, 3.05) is 42.4 Å². The number of likely N-dealkylation sites (N-methyl/N-ethyl adjacent to an activating group) is 3. The summed E-state index contributed by atoms with van der Waals surface area (Å²) < 4.78 is 16.3. The standard InChI is InChI=1S/C44H60N4O10/c1-11-28(4)39(58-44(55)36(46(5)6)25-31-16-22-34(56-9)23-17-31)40(51)45-38(27(2)3)42(53)47(7)35(24-29-12-18-32(49)19-13-29)41(52)48(8)37(43(54)57-10)26-30-14-20-33(50)21-15-30/h12-23,27-28,35-39,49-50H,11,24-26H2,1-10H3,(H,45,51)/t28-,35-,36-,37+,38+,39+/m1/s1. The number of phenols is 2. The number of esters is 2. The van der Waals surface area contributed by atoms with Crippen LogP contribution in [0.15, 0.2) is 72.8 Å². The second kappa shape index (κ2) is 21.8. The fourth-order valence-electron chi connectivity index (χ4n) is 6.43. The number of carbonyl (C=O) groups is 5. The van der Waals surface area contributed by atoms with Crippen molar-refractivity contribution in [3.63, 3.8) is 0 Å². The first-order valence-corrected chi connectivity index (χ1v) is 19.4. The maximum atomic E-state index is 14.5. The number of nitrogens with zero attached hydrogens (tertiary/aromatic N) is 3. The van der Waals surface area contributed by atoms with E-state index in [-0.39, 0.29) is 24.3 Å². The summed E-state index contributed by atoms with van der Waals surface area (Å²) in [6.07, 6.45) is -0.341. The van der Waals surface area contributed by atoms with Crippen LogP contribution in [0, 0.1) is 11.8 Å². The Morgan fingerprint density at radius 3 is 1.52 bits per heavy atom. The molecule has 3 rings (SSSR count). The third kappa shape index (κ3) is 12.7. The molecule has 3 aromatic carbocycles. The third-order valence-electron chi connectivity index (χ3n) is 10.5. The molecule has 0 aliphatic rings. The number of hydrogen-bond acceptors (Lipinski definition) is 11. The second-order valence-corrected chi connectivity index (χ2v) is 15.2. The van der Waals surface area contributed by atoms with Crippen molar-refractivity contribution in [1.82, 2.24) is 20.0 Å². The van der Waals surface area contributed by atoms with Gasteiger partial charge in [0.1, 0.15) is 41.4 Å². The van der Waals surface area contributed by atoms with Crippen LogP contribution >= 0.6 is 0 Å². The molecule has 0 unspecified atom stereocenters. The normalized spacial score (nSPS) is 14.3. The Labute approximate surface area is 342 Å². The van der Waals surface area contributed by atoms with Gasteiger partial charge < -0.3 is 39.5 Å². The Hall–Kier alpha value is -5.63. The monoisotopic (exact) mass is 804 g/mol. The number of aromatic hydroxyl groups is 2. The largest absolute Gasteiger partial charge is 0.508 e. The van der Waals surface area contributed by atoms with Crippen LogP contribution in [0.2, 0.25) is 0 Å². The average Bonchev–Trinajstić information content (AvgIpc) is 3.21. The first-order valence-electron chi connectivity index (χ1n) is 19.4. The maximum absolute atomic E-state index is 14.5. The first kappa shape index (κ1) is 46.8. The van der Waals surface area contributed by atoms with E-state index in [1.165, 1.54) is 55.3 Å². The number of nitrogens with one attached hydrogen (secondary N) is 1. The Morgan fingerprint density at radius 1 is 0.638 bits per heavy atom. The van der Waals surface area contributed by atoms with E-state index in [0.717, 1.165) is 5.56 Å². The molecule has 0 aromatic heterocycles. The highest BCUT2D eigenvalue weighted by molar-refractivity contribution is 5.95. The zero-order valence-electron chi connectivity index (χ0n) is 35.3. The molecule has 6 atom stereocenters. The molecule has 0 radical (unpaired) electrons. The molecule has 0 heterocycles. The number of rotatable bonds is 20. The highest BCUT2D eigenvalue weighted by Gasteiger charge is 2.40. The predicted octanol–water partition coefficient (Wildman–Crippen LogP) is 3.99. The Morgan fingerprint density at radius 2 is 1.09 bits per heavy atom. The van der Waals surface area contributed by atoms with Gasteiger partial charge in [-0.1, -0.05) is 64.1 Å². The lowest BCUT2D eigenvalue weighted by Crippen LogP contribution is -2.59. The number of amides is 3. The number of methoxy groups -OCH3 is 2. The van der Waals surface area contributed by atoms with Gasteiger partial charge in [-0.15, -0.1) is 0 Å². The van der Waals surface area contributed by atoms with Crippen molar-refractivity contribution in [1.29, 1.82) is 0 Å². The quantitative estimate of drug-likeness (QED) is 0.141. The highest BCUT2D eigenvalue weighted by atomic mass is 16.6. The molecule has 0 fully saturated rings. The van der Waals surface area contributed by atoms with Crippen LogP contribution < -0.4 is 10.1 Å². The van der Waals surface area contributed by atoms with Gasteiger partial charge in [-0.25, -0.2) is 4.79 Å². The van der Waals surface area contributed by atoms with Gasteiger partial charge in [0.15, 0.2) is 6.10 Å². The van der Waals surface area contributed by atoms with Crippen molar-refractivity contribution in [3.05, 3.63) is 89.5 Å². The molecule has 0 saturated carbocycles. The zero-order valence-corrected chi connectivity index (χ0v) is 35.3. The van der Waals surface area contributed by atoms with Crippen molar-refractivity contribution in [2.24, 2.45) is 11.8 Å². The molecule has 316 valence electrons. The molecule has 14 heteroatoms. The Kier molecular flexibility index (Phi) is 17.5. The van der Waals surface area contributed by atoms with Crippen molar-refractivity contribution in [2.45, 2.75) is 83.6 Å². The van der Waals surface area contributed by atoms with Gasteiger partial charge in [-0.3, -0.25) is 24.1 Å². The smallest absolute Gasteiger partial charge is 0.328 e. The molecule has 0 saturated heterocycles. The van der Waals surface area contributed by atoms with E-state index in [0.29, 0.717) is 29.7 Å². The summed E-state index contributed by atoms with van der Waals surface area (Å²) in [4.78, 5) is 74.2. The van der Waals surface area contributed by atoms with Crippen LogP contribution in [0.5, 0.6) is 17.2 Å². The maximum Gasteiger partial charge on any atom is 0.328 e. The van der Waals surface area contributed by atoms with Gasteiger partial charge in [0, 0.05) is 32.9 Å². The summed E-state index contributed by atoms with van der Waals surface area (Å²) in [6, 6.07) is 15.6.